The molecule has 0 aliphatic rings. The lowest BCUT2D eigenvalue weighted by Gasteiger charge is -2.03. The van der Waals surface area contributed by atoms with E-state index >= 15 is 0 Å². The predicted molar refractivity (Wildman–Crippen MR) is 49.8 cm³/mol. The first-order chi connectivity index (χ1) is 5.66. The van der Waals surface area contributed by atoms with Gasteiger partial charge in [-0.2, -0.15) is 0 Å². The summed E-state index contributed by atoms with van der Waals surface area (Å²) in [5, 5.41) is 0. The summed E-state index contributed by atoms with van der Waals surface area (Å²) in [5.74, 6) is -0.269. The summed E-state index contributed by atoms with van der Waals surface area (Å²) < 4.78 is 4.88. The van der Waals surface area contributed by atoms with Gasteiger partial charge in [-0.1, -0.05) is 18.2 Å². The number of carbonyl (C=O) groups is 1. The zero-order valence-electron chi connectivity index (χ0n) is 7.91. The molecule has 2 heteroatoms. The summed E-state index contributed by atoms with van der Waals surface area (Å²) in [6, 6.07) is 0. The maximum absolute atomic E-state index is 10.9. The lowest BCUT2D eigenvalue weighted by Crippen LogP contribution is -2.08. The summed E-state index contributed by atoms with van der Waals surface area (Å²) in [6.45, 7) is 5.61. The van der Waals surface area contributed by atoms with E-state index in [9.17, 15) is 4.79 Å². The topological polar surface area (TPSA) is 26.3 Å². The average molecular weight is 168 g/mol. The standard InChI is InChI=1S/C10H16O2/c1-4-5-6-7-8-10(11)12-9(2)3/h4-5,7-9H,6H2,1-3H3/b5-4+,8-7+. The Bertz CT molecular complexity index is 178. The fourth-order valence-electron chi connectivity index (χ4n) is 0.651. The number of carbonyl (C=O) groups excluding carboxylic acids is 1. The van der Waals surface area contributed by atoms with Gasteiger partial charge in [-0.05, 0) is 27.2 Å². The highest BCUT2D eigenvalue weighted by Crippen LogP contribution is 1.92. The zero-order chi connectivity index (χ0) is 9.40. The van der Waals surface area contributed by atoms with Crippen molar-refractivity contribution < 1.29 is 9.53 Å². The Kier molecular flexibility index (Phi) is 6.07. The van der Waals surface area contributed by atoms with Crippen LogP contribution in [0.1, 0.15) is 27.2 Å². The largest absolute Gasteiger partial charge is 0.460 e. The van der Waals surface area contributed by atoms with Crippen molar-refractivity contribution in [2.24, 2.45) is 0 Å². The van der Waals surface area contributed by atoms with Crippen LogP contribution in [0.25, 0.3) is 0 Å². The average Bonchev–Trinajstić information content (AvgIpc) is 1.97. The van der Waals surface area contributed by atoms with Gasteiger partial charge in [-0.25, -0.2) is 4.79 Å². The molecule has 0 aromatic carbocycles. The minimum Gasteiger partial charge on any atom is -0.460 e. The van der Waals surface area contributed by atoms with Crippen LogP contribution in [0.15, 0.2) is 24.3 Å². The molecule has 0 N–H and O–H groups in total. The number of hydrogen-bond acceptors (Lipinski definition) is 2. The maximum atomic E-state index is 10.9. The zero-order valence-corrected chi connectivity index (χ0v) is 7.91. The SMILES string of the molecule is C/C=C/C/C=C/C(=O)OC(C)C. The van der Waals surface area contributed by atoms with Crippen molar-refractivity contribution in [3.63, 3.8) is 0 Å². The summed E-state index contributed by atoms with van der Waals surface area (Å²) >= 11 is 0. The highest BCUT2D eigenvalue weighted by atomic mass is 16.5. The monoisotopic (exact) mass is 168 g/mol. The first-order valence-corrected chi connectivity index (χ1v) is 4.15. The molecule has 2 nitrogen and oxygen atoms in total. The number of allylic oxidation sites excluding steroid dienone is 3. The van der Waals surface area contributed by atoms with Crippen molar-refractivity contribution in [1.29, 1.82) is 0 Å². The second kappa shape index (κ2) is 6.65. The summed E-state index contributed by atoms with van der Waals surface area (Å²) in [7, 11) is 0. The fraction of sp³-hybridized carbons (Fsp3) is 0.500. The Morgan fingerprint density at radius 3 is 2.58 bits per heavy atom. The molecule has 0 aliphatic heterocycles. The van der Waals surface area contributed by atoms with Crippen molar-refractivity contribution >= 4 is 5.97 Å². The molecule has 0 saturated carbocycles. The summed E-state index contributed by atoms with van der Waals surface area (Å²) in [4.78, 5) is 10.9. The molecule has 0 rings (SSSR count). The van der Waals surface area contributed by atoms with E-state index in [1.54, 1.807) is 6.08 Å². The molecule has 68 valence electrons. The second-order valence-corrected chi connectivity index (χ2v) is 2.69. The van der Waals surface area contributed by atoms with Crippen molar-refractivity contribution in [3.8, 4) is 0 Å². The van der Waals surface area contributed by atoms with Crippen LogP contribution in [0.4, 0.5) is 0 Å². The van der Waals surface area contributed by atoms with E-state index in [0.717, 1.165) is 6.42 Å². The van der Waals surface area contributed by atoms with E-state index in [4.69, 9.17) is 4.74 Å². The Morgan fingerprint density at radius 2 is 2.08 bits per heavy atom. The molecule has 0 aromatic rings. The molecule has 0 atom stereocenters. The van der Waals surface area contributed by atoms with E-state index in [1.165, 1.54) is 6.08 Å². The minimum atomic E-state index is -0.269. The molecular weight excluding hydrogens is 152 g/mol. The molecule has 0 spiro atoms. The smallest absolute Gasteiger partial charge is 0.330 e. The van der Waals surface area contributed by atoms with Crippen LogP contribution < -0.4 is 0 Å². The number of rotatable bonds is 4. The molecule has 0 heterocycles. The van der Waals surface area contributed by atoms with E-state index in [1.807, 2.05) is 32.9 Å². The van der Waals surface area contributed by atoms with Crippen molar-refractivity contribution in [2.75, 3.05) is 0 Å². The third-order valence-corrected chi connectivity index (χ3v) is 1.11. The van der Waals surface area contributed by atoms with E-state index in [2.05, 4.69) is 0 Å². The lowest BCUT2D eigenvalue weighted by atomic mass is 10.3. The van der Waals surface area contributed by atoms with Gasteiger partial charge in [0.1, 0.15) is 0 Å². The van der Waals surface area contributed by atoms with Gasteiger partial charge in [0.05, 0.1) is 6.10 Å². The third-order valence-electron chi connectivity index (χ3n) is 1.11. The first kappa shape index (κ1) is 11.0. The van der Waals surface area contributed by atoms with Crippen LogP contribution in [0.3, 0.4) is 0 Å². The Labute approximate surface area is 73.9 Å². The summed E-state index contributed by atoms with van der Waals surface area (Å²) in [5.41, 5.74) is 0. The third kappa shape index (κ3) is 7.06. The molecule has 0 fully saturated rings. The molecule has 0 unspecified atom stereocenters. The second-order valence-electron chi connectivity index (χ2n) is 2.69. The van der Waals surface area contributed by atoms with Gasteiger partial charge in [-0.3, -0.25) is 0 Å². The predicted octanol–water partition coefficient (Wildman–Crippen LogP) is 2.46. The number of esters is 1. The van der Waals surface area contributed by atoms with E-state index in [0.29, 0.717) is 0 Å². The van der Waals surface area contributed by atoms with Crippen molar-refractivity contribution in [2.45, 2.75) is 33.3 Å². The molecule has 0 radical (unpaired) electrons. The summed E-state index contributed by atoms with van der Waals surface area (Å²) in [6.07, 6.45) is 7.90. The van der Waals surface area contributed by atoms with Gasteiger partial charge < -0.3 is 4.74 Å². The van der Waals surface area contributed by atoms with Crippen LogP contribution in [0.2, 0.25) is 0 Å². The van der Waals surface area contributed by atoms with Gasteiger partial charge in [0.2, 0.25) is 0 Å². The van der Waals surface area contributed by atoms with Crippen molar-refractivity contribution in [3.05, 3.63) is 24.3 Å². The van der Waals surface area contributed by atoms with Gasteiger partial charge in [0.15, 0.2) is 0 Å². The van der Waals surface area contributed by atoms with Gasteiger partial charge >= 0.3 is 5.97 Å². The van der Waals surface area contributed by atoms with Crippen LogP contribution in [-0.2, 0) is 9.53 Å². The van der Waals surface area contributed by atoms with Crippen LogP contribution in [-0.4, -0.2) is 12.1 Å². The van der Waals surface area contributed by atoms with Gasteiger partial charge in [-0.15, -0.1) is 0 Å². The molecule has 0 amide bonds. The quantitative estimate of drug-likeness (QED) is 0.366. The lowest BCUT2D eigenvalue weighted by molar-refractivity contribution is -0.141. The van der Waals surface area contributed by atoms with Crippen LogP contribution in [0.5, 0.6) is 0 Å². The first-order valence-electron chi connectivity index (χ1n) is 4.15. The Balaban J connectivity index is 3.61. The fourth-order valence-corrected chi connectivity index (χ4v) is 0.651. The molecular formula is C10H16O2. The molecule has 0 bridgehead atoms. The van der Waals surface area contributed by atoms with Gasteiger partial charge in [0.25, 0.3) is 0 Å². The number of hydrogen-bond donors (Lipinski definition) is 0. The van der Waals surface area contributed by atoms with E-state index < -0.39 is 0 Å². The molecule has 0 aromatic heterocycles. The Hall–Kier alpha value is -1.05. The van der Waals surface area contributed by atoms with E-state index in [-0.39, 0.29) is 12.1 Å². The molecule has 12 heavy (non-hydrogen) atoms. The normalized spacial score (nSPS) is 11.7. The van der Waals surface area contributed by atoms with Crippen LogP contribution >= 0.6 is 0 Å². The Morgan fingerprint density at radius 1 is 1.42 bits per heavy atom. The molecule has 0 saturated heterocycles. The highest BCUT2D eigenvalue weighted by Gasteiger charge is 1.97. The molecule has 0 aliphatic carbocycles. The van der Waals surface area contributed by atoms with Crippen LogP contribution in [0, 0.1) is 0 Å². The van der Waals surface area contributed by atoms with Gasteiger partial charge in [0, 0.05) is 6.08 Å². The van der Waals surface area contributed by atoms with Crippen molar-refractivity contribution in [1.82, 2.24) is 0 Å². The maximum Gasteiger partial charge on any atom is 0.330 e. The minimum absolute atomic E-state index is 0.0381. The number of ether oxygens (including phenoxy) is 1. The highest BCUT2D eigenvalue weighted by molar-refractivity contribution is 5.81.